The van der Waals surface area contributed by atoms with Gasteiger partial charge in [0.25, 0.3) is 0 Å². The van der Waals surface area contributed by atoms with Crippen LogP contribution in [0, 0.1) is 0 Å². The van der Waals surface area contributed by atoms with Crippen molar-refractivity contribution < 1.29 is 9.53 Å². The van der Waals surface area contributed by atoms with Crippen molar-refractivity contribution in [2.45, 2.75) is 26.2 Å². The van der Waals surface area contributed by atoms with E-state index in [1.165, 1.54) is 0 Å². The second-order valence-corrected chi connectivity index (χ2v) is 2.08. The molecule has 0 unspecified atom stereocenters. The van der Waals surface area contributed by atoms with E-state index in [9.17, 15) is 4.79 Å². The molecule has 0 aromatic rings. The molecular formula is C8H14O2. The van der Waals surface area contributed by atoms with E-state index in [4.69, 9.17) is 4.74 Å². The number of carbonyl (C=O) groups is 1. The average molecular weight is 142 g/mol. The maximum Gasteiger partial charge on any atom is 0.306 e. The van der Waals surface area contributed by atoms with Gasteiger partial charge in [0, 0.05) is 6.42 Å². The van der Waals surface area contributed by atoms with Gasteiger partial charge in [-0.2, -0.15) is 0 Å². The van der Waals surface area contributed by atoms with E-state index in [1.807, 2.05) is 6.92 Å². The van der Waals surface area contributed by atoms with Crippen LogP contribution in [0.15, 0.2) is 12.7 Å². The summed E-state index contributed by atoms with van der Waals surface area (Å²) in [5, 5.41) is 0. The van der Waals surface area contributed by atoms with Crippen LogP contribution in [-0.2, 0) is 9.53 Å². The zero-order chi connectivity index (χ0) is 7.82. The highest BCUT2D eigenvalue weighted by molar-refractivity contribution is 5.69. The summed E-state index contributed by atoms with van der Waals surface area (Å²) in [5.74, 6) is -0.123. The number of unbranched alkanes of at least 4 members (excludes halogenated alkanes) is 1. The first-order chi connectivity index (χ1) is 4.81. The molecule has 0 fully saturated rings. The molecule has 2 nitrogen and oxygen atoms in total. The van der Waals surface area contributed by atoms with E-state index in [0.717, 1.165) is 12.8 Å². The Hall–Kier alpha value is -0.790. The number of rotatable bonds is 5. The van der Waals surface area contributed by atoms with Gasteiger partial charge in [0.2, 0.25) is 0 Å². The van der Waals surface area contributed by atoms with Crippen LogP contribution in [-0.4, -0.2) is 12.6 Å². The molecule has 0 atom stereocenters. The average Bonchev–Trinajstić information content (AvgIpc) is 1.97. The van der Waals surface area contributed by atoms with Gasteiger partial charge in [-0.25, -0.2) is 0 Å². The fourth-order valence-corrected chi connectivity index (χ4v) is 0.545. The molecule has 0 saturated heterocycles. The van der Waals surface area contributed by atoms with Crippen molar-refractivity contribution in [3.63, 3.8) is 0 Å². The van der Waals surface area contributed by atoms with Crippen molar-refractivity contribution in [3.8, 4) is 0 Å². The highest BCUT2D eigenvalue weighted by atomic mass is 16.5. The summed E-state index contributed by atoms with van der Waals surface area (Å²) >= 11 is 0. The lowest BCUT2D eigenvalue weighted by molar-refractivity contribution is -0.142. The van der Waals surface area contributed by atoms with Gasteiger partial charge in [-0.1, -0.05) is 26.0 Å². The lowest BCUT2D eigenvalue weighted by Gasteiger charge is -1.98. The summed E-state index contributed by atoms with van der Waals surface area (Å²) in [6.45, 7) is 5.81. The standard InChI is InChI=1S/C8H14O2/c1-3-5-6-8(9)10-7-4-2/h4H,2-3,5-7H2,1H3. The van der Waals surface area contributed by atoms with Crippen LogP contribution in [0.5, 0.6) is 0 Å². The molecule has 0 heterocycles. The Labute approximate surface area is 61.9 Å². The first-order valence-corrected chi connectivity index (χ1v) is 3.57. The number of hydrogen-bond acceptors (Lipinski definition) is 2. The van der Waals surface area contributed by atoms with E-state index >= 15 is 0 Å². The second kappa shape index (κ2) is 6.33. The van der Waals surface area contributed by atoms with E-state index in [1.54, 1.807) is 6.08 Å². The third kappa shape index (κ3) is 5.35. The van der Waals surface area contributed by atoms with Crippen LogP contribution < -0.4 is 0 Å². The monoisotopic (exact) mass is 142 g/mol. The zero-order valence-electron chi connectivity index (χ0n) is 6.43. The lowest BCUT2D eigenvalue weighted by Crippen LogP contribution is -2.03. The van der Waals surface area contributed by atoms with Crippen LogP contribution in [0.4, 0.5) is 0 Å². The Morgan fingerprint density at radius 2 is 2.40 bits per heavy atom. The molecule has 0 aliphatic heterocycles. The molecule has 0 bridgehead atoms. The molecule has 0 spiro atoms. The predicted molar refractivity (Wildman–Crippen MR) is 40.7 cm³/mol. The molecule has 0 N–H and O–H groups in total. The van der Waals surface area contributed by atoms with Crippen molar-refractivity contribution in [2.75, 3.05) is 6.61 Å². The van der Waals surface area contributed by atoms with Gasteiger partial charge in [-0.15, -0.1) is 0 Å². The van der Waals surface area contributed by atoms with E-state index in [0.29, 0.717) is 13.0 Å². The van der Waals surface area contributed by atoms with Crippen LogP contribution in [0.1, 0.15) is 26.2 Å². The van der Waals surface area contributed by atoms with Gasteiger partial charge >= 0.3 is 5.97 Å². The lowest BCUT2D eigenvalue weighted by atomic mass is 10.2. The van der Waals surface area contributed by atoms with Crippen molar-refractivity contribution in [3.05, 3.63) is 12.7 Å². The van der Waals surface area contributed by atoms with E-state index in [-0.39, 0.29) is 5.97 Å². The molecule has 0 amide bonds. The Bertz CT molecular complexity index is 108. The van der Waals surface area contributed by atoms with Crippen molar-refractivity contribution in [1.82, 2.24) is 0 Å². The summed E-state index contributed by atoms with van der Waals surface area (Å²) in [4.78, 5) is 10.7. The van der Waals surface area contributed by atoms with Gasteiger partial charge in [0.05, 0.1) is 0 Å². The Balaban J connectivity index is 3.16. The van der Waals surface area contributed by atoms with Crippen molar-refractivity contribution >= 4 is 5.97 Å². The fourth-order valence-electron chi connectivity index (χ4n) is 0.545. The highest BCUT2D eigenvalue weighted by Crippen LogP contribution is 1.95. The molecule has 0 aromatic heterocycles. The quantitative estimate of drug-likeness (QED) is 0.433. The van der Waals surface area contributed by atoms with Crippen LogP contribution >= 0.6 is 0 Å². The Morgan fingerprint density at radius 1 is 1.70 bits per heavy atom. The third-order valence-electron chi connectivity index (χ3n) is 1.10. The third-order valence-corrected chi connectivity index (χ3v) is 1.10. The van der Waals surface area contributed by atoms with Crippen LogP contribution in [0.2, 0.25) is 0 Å². The molecule has 0 saturated carbocycles. The van der Waals surface area contributed by atoms with Gasteiger partial charge < -0.3 is 4.74 Å². The Morgan fingerprint density at radius 3 is 2.90 bits per heavy atom. The summed E-state index contributed by atoms with van der Waals surface area (Å²) in [6, 6.07) is 0. The molecule has 0 aliphatic carbocycles. The maximum atomic E-state index is 10.7. The highest BCUT2D eigenvalue weighted by Gasteiger charge is 1.98. The minimum atomic E-state index is -0.123. The minimum absolute atomic E-state index is 0.123. The molecular weight excluding hydrogens is 128 g/mol. The van der Waals surface area contributed by atoms with E-state index in [2.05, 4.69) is 6.58 Å². The van der Waals surface area contributed by atoms with Crippen LogP contribution in [0.25, 0.3) is 0 Å². The molecule has 0 aromatic carbocycles. The topological polar surface area (TPSA) is 26.3 Å². The first kappa shape index (κ1) is 9.21. The molecule has 2 heteroatoms. The normalized spacial score (nSPS) is 8.90. The fraction of sp³-hybridized carbons (Fsp3) is 0.625. The van der Waals surface area contributed by atoms with Gasteiger partial charge in [-0.05, 0) is 6.42 Å². The smallest absolute Gasteiger partial charge is 0.306 e. The number of hydrogen-bond donors (Lipinski definition) is 0. The largest absolute Gasteiger partial charge is 0.461 e. The molecule has 10 heavy (non-hydrogen) atoms. The zero-order valence-corrected chi connectivity index (χ0v) is 6.43. The van der Waals surface area contributed by atoms with Crippen LogP contribution in [0.3, 0.4) is 0 Å². The molecule has 58 valence electrons. The van der Waals surface area contributed by atoms with Gasteiger partial charge in [-0.3, -0.25) is 4.79 Å². The molecule has 0 aliphatic rings. The predicted octanol–water partition coefficient (Wildman–Crippen LogP) is 1.91. The first-order valence-electron chi connectivity index (χ1n) is 3.57. The summed E-state index contributed by atoms with van der Waals surface area (Å²) in [6.07, 6.45) is 4.05. The molecule has 0 radical (unpaired) electrons. The number of ether oxygens (including phenoxy) is 1. The number of carbonyl (C=O) groups excluding carboxylic acids is 1. The van der Waals surface area contributed by atoms with Crippen molar-refractivity contribution in [2.24, 2.45) is 0 Å². The SMILES string of the molecule is C=CCOC(=O)CCCC. The Kier molecular flexibility index (Phi) is 5.83. The minimum Gasteiger partial charge on any atom is -0.461 e. The van der Waals surface area contributed by atoms with Gasteiger partial charge in [0.15, 0.2) is 0 Å². The van der Waals surface area contributed by atoms with E-state index < -0.39 is 0 Å². The molecule has 0 rings (SSSR count). The number of esters is 1. The summed E-state index contributed by atoms with van der Waals surface area (Å²) < 4.78 is 4.74. The summed E-state index contributed by atoms with van der Waals surface area (Å²) in [5.41, 5.74) is 0. The van der Waals surface area contributed by atoms with Gasteiger partial charge in [0.1, 0.15) is 6.61 Å². The summed E-state index contributed by atoms with van der Waals surface area (Å²) in [7, 11) is 0. The van der Waals surface area contributed by atoms with Crippen molar-refractivity contribution in [1.29, 1.82) is 0 Å². The second-order valence-electron chi connectivity index (χ2n) is 2.08. The maximum absolute atomic E-state index is 10.7.